The van der Waals surface area contributed by atoms with Crippen LogP contribution in [-0.2, 0) is 27.9 Å². The summed E-state index contributed by atoms with van der Waals surface area (Å²) >= 11 is 0. The summed E-state index contributed by atoms with van der Waals surface area (Å²) in [7, 11) is -2.36. The van der Waals surface area contributed by atoms with Crippen molar-refractivity contribution in [3.8, 4) is 0 Å². The molecule has 0 aliphatic carbocycles. The smallest absolute Gasteiger partial charge is 0.261 e. The third-order valence-corrected chi connectivity index (χ3v) is 5.68. The molecule has 1 amide bonds. The monoisotopic (exact) mass is 428 g/mol. The fourth-order valence-electron chi connectivity index (χ4n) is 2.81. The minimum absolute atomic E-state index is 0.0745. The lowest BCUT2D eigenvalue weighted by Crippen LogP contribution is -2.23. The quantitative estimate of drug-likeness (QED) is 0.573. The maximum absolute atomic E-state index is 13.7. The van der Waals surface area contributed by atoms with E-state index in [1.165, 1.54) is 42.5 Å². The van der Waals surface area contributed by atoms with Crippen LogP contribution < -0.4 is 10.0 Å². The number of nitrogens with one attached hydrogen (secondary N) is 2. The number of ether oxygens (including phenoxy) is 1. The number of benzene rings is 3. The number of para-hydroxylation sites is 1. The molecule has 0 aliphatic heterocycles. The second-order valence-electron chi connectivity index (χ2n) is 6.55. The maximum Gasteiger partial charge on any atom is 0.261 e. The summed E-state index contributed by atoms with van der Waals surface area (Å²) in [5, 5.41) is 2.80. The van der Waals surface area contributed by atoms with Gasteiger partial charge in [-0.05, 0) is 47.5 Å². The molecule has 6 nitrogen and oxygen atoms in total. The second kappa shape index (κ2) is 9.51. The van der Waals surface area contributed by atoms with E-state index in [9.17, 15) is 17.6 Å². The number of amides is 1. The molecule has 3 aromatic rings. The molecule has 0 aromatic heterocycles. The number of sulfonamides is 1. The Hall–Kier alpha value is -3.23. The third-order valence-electron chi connectivity index (χ3n) is 4.30. The Morgan fingerprint density at radius 2 is 1.67 bits per heavy atom. The number of carbonyl (C=O) groups excluding carboxylic acids is 1. The summed E-state index contributed by atoms with van der Waals surface area (Å²) in [5.74, 6) is -1.01. The first kappa shape index (κ1) is 21.5. The average Bonchev–Trinajstić information content (AvgIpc) is 2.74. The molecule has 0 heterocycles. The van der Waals surface area contributed by atoms with Crippen LogP contribution in [0.5, 0.6) is 0 Å². The minimum atomic E-state index is -3.98. The van der Waals surface area contributed by atoms with Crippen molar-refractivity contribution in [1.29, 1.82) is 0 Å². The van der Waals surface area contributed by atoms with E-state index < -0.39 is 15.8 Å². The summed E-state index contributed by atoms with van der Waals surface area (Å²) in [4.78, 5) is 12.3. The SMILES string of the molecule is COCc1cccc(CNC(=O)c2ccc(S(=O)(=O)Nc3ccccc3F)cc2)c1. The lowest BCUT2D eigenvalue weighted by atomic mass is 10.1. The molecule has 0 saturated carbocycles. The fraction of sp³-hybridized carbons (Fsp3) is 0.136. The van der Waals surface area contributed by atoms with Crippen molar-refractivity contribution in [2.75, 3.05) is 11.8 Å². The van der Waals surface area contributed by atoms with Crippen molar-refractivity contribution < 1.29 is 22.3 Å². The van der Waals surface area contributed by atoms with Crippen molar-refractivity contribution in [2.45, 2.75) is 18.0 Å². The van der Waals surface area contributed by atoms with Gasteiger partial charge in [-0.1, -0.05) is 36.4 Å². The first-order chi connectivity index (χ1) is 14.4. The highest BCUT2D eigenvalue weighted by Crippen LogP contribution is 2.19. The molecule has 2 N–H and O–H groups in total. The van der Waals surface area contributed by atoms with Crippen molar-refractivity contribution in [3.05, 3.63) is 95.3 Å². The van der Waals surface area contributed by atoms with Gasteiger partial charge in [0, 0.05) is 19.2 Å². The Balaban J connectivity index is 1.65. The molecule has 156 valence electrons. The first-order valence-electron chi connectivity index (χ1n) is 9.11. The van der Waals surface area contributed by atoms with E-state index in [0.29, 0.717) is 18.7 Å². The van der Waals surface area contributed by atoms with Crippen molar-refractivity contribution in [3.63, 3.8) is 0 Å². The number of hydrogen-bond donors (Lipinski definition) is 2. The summed E-state index contributed by atoms with van der Waals surface area (Å²) in [6, 6.07) is 18.6. The molecule has 0 saturated heterocycles. The molecule has 0 atom stereocenters. The number of anilines is 1. The molecule has 8 heteroatoms. The lowest BCUT2D eigenvalue weighted by molar-refractivity contribution is 0.0951. The molecule has 0 fully saturated rings. The van der Waals surface area contributed by atoms with Gasteiger partial charge in [0.15, 0.2) is 0 Å². The van der Waals surface area contributed by atoms with Gasteiger partial charge in [-0.3, -0.25) is 9.52 Å². The van der Waals surface area contributed by atoms with Gasteiger partial charge in [-0.25, -0.2) is 12.8 Å². The Morgan fingerprint density at radius 3 is 2.37 bits per heavy atom. The summed E-state index contributed by atoms with van der Waals surface area (Å²) in [5.41, 5.74) is 2.09. The molecular weight excluding hydrogens is 407 g/mol. The minimum Gasteiger partial charge on any atom is -0.380 e. The predicted molar refractivity (Wildman–Crippen MR) is 112 cm³/mol. The molecule has 0 spiro atoms. The summed E-state index contributed by atoms with van der Waals surface area (Å²) < 4.78 is 45.9. The predicted octanol–water partition coefficient (Wildman–Crippen LogP) is 3.70. The van der Waals surface area contributed by atoms with Gasteiger partial charge in [0.1, 0.15) is 5.82 Å². The fourth-order valence-corrected chi connectivity index (χ4v) is 3.88. The number of methoxy groups -OCH3 is 1. The Kier molecular flexibility index (Phi) is 6.81. The molecule has 3 rings (SSSR count). The molecule has 3 aromatic carbocycles. The van der Waals surface area contributed by atoms with E-state index in [0.717, 1.165) is 17.2 Å². The van der Waals surface area contributed by atoms with Crippen molar-refractivity contribution in [1.82, 2.24) is 5.32 Å². The van der Waals surface area contributed by atoms with Crippen LogP contribution >= 0.6 is 0 Å². The lowest BCUT2D eigenvalue weighted by Gasteiger charge is -2.10. The maximum atomic E-state index is 13.7. The van der Waals surface area contributed by atoms with Crippen LogP contribution in [-0.4, -0.2) is 21.4 Å². The molecule has 0 aliphatic rings. The highest BCUT2D eigenvalue weighted by atomic mass is 32.2. The Labute approximate surface area is 174 Å². The van der Waals surface area contributed by atoms with Gasteiger partial charge in [-0.2, -0.15) is 0 Å². The van der Waals surface area contributed by atoms with Gasteiger partial charge in [0.2, 0.25) is 0 Å². The highest BCUT2D eigenvalue weighted by Gasteiger charge is 2.17. The highest BCUT2D eigenvalue weighted by molar-refractivity contribution is 7.92. The van der Waals surface area contributed by atoms with Gasteiger partial charge < -0.3 is 10.1 Å². The van der Waals surface area contributed by atoms with Crippen molar-refractivity contribution >= 4 is 21.6 Å². The zero-order chi connectivity index (χ0) is 21.6. The van der Waals surface area contributed by atoms with Gasteiger partial charge >= 0.3 is 0 Å². The van der Waals surface area contributed by atoms with E-state index in [1.807, 2.05) is 24.3 Å². The van der Waals surface area contributed by atoms with E-state index >= 15 is 0 Å². The van der Waals surface area contributed by atoms with Crippen LogP contribution in [0.1, 0.15) is 21.5 Å². The number of halogens is 1. The number of carbonyl (C=O) groups is 1. The Bertz CT molecular complexity index is 1130. The van der Waals surface area contributed by atoms with Crippen LogP contribution in [0.15, 0.2) is 77.7 Å². The topological polar surface area (TPSA) is 84.5 Å². The number of hydrogen-bond acceptors (Lipinski definition) is 4. The molecule has 30 heavy (non-hydrogen) atoms. The van der Waals surface area contributed by atoms with Crippen LogP contribution in [0.25, 0.3) is 0 Å². The van der Waals surface area contributed by atoms with Crippen LogP contribution in [0, 0.1) is 5.82 Å². The summed E-state index contributed by atoms with van der Waals surface area (Å²) in [6.45, 7) is 0.809. The van der Waals surface area contributed by atoms with Gasteiger partial charge in [0.05, 0.1) is 17.2 Å². The van der Waals surface area contributed by atoms with Gasteiger partial charge in [0.25, 0.3) is 15.9 Å². The number of rotatable bonds is 8. The van der Waals surface area contributed by atoms with E-state index in [2.05, 4.69) is 10.0 Å². The van der Waals surface area contributed by atoms with Crippen LogP contribution in [0.3, 0.4) is 0 Å². The Morgan fingerprint density at radius 1 is 0.967 bits per heavy atom. The van der Waals surface area contributed by atoms with Gasteiger partial charge in [-0.15, -0.1) is 0 Å². The average molecular weight is 428 g/mol. The molecule has 0 radical (unpaired) electrons. The third kappa shape index (κ3) is 5.43. The van der Waals surface area contributed by atoms with Crippen LogP contribution in [0.4, 0.5) is 10.1 Å². The normalized spacial score (nSPS) is 11.1. The first-order valence-corrected chi connectivity index (χ1v) is 10.6. The molecular formula is C22H21FN2O4S. The largest absolute Gasteiger partial charge is 0.380 e. The zero-order valence-corrected chi connectivity index (χ0v) is 17.1. The van der Waals surface area contributed by atoms with Crippen LogP contribution in [0.2, 0.25) is 0 Å². The van der Waals surface area contributed by atoms with E-state index in [4.69, 9.17) is 4.74 Å². The second-order valence-corrected chi connectivity index (χ2v) is 8.23. The summed E-state index contributed by atoms with van der Waals surface area (Å²) in [6.07, 6.45) is 0. The molecule has 0 unspecified atom stereocenters. The molecule has 0 bridgehead atoms. The zero-order valence-electron chi connectivity index (χ0n) is 16.3. The van der Waals surface area contributed by atoms with E-state index in [-0.39, 0.29) is 16.5 Å². The van der Waals surface area contributed by atoms with E-state index in [1.54, 1.807) is 7.11 Å². The standard InChI is InChI=1S/C22H21FN2O4S/c1-29-15-17-6-4-5-16(13-17)14-24-22(26)18-9-11-19(12-10-18)30(27,28)25-21-8-3-2-7-20(21)23/h2-13,25H,14-15H2,1H3,(H,24,26). The van der Waals surface area contributed by atoms with Crippen molar-refractivity contribution in [2.24, 2.45) is 0 Å².